The summed E-state index contributed by atoms with van der Waals surface area (Å²) in [4.78, 5) is 2.39. The van der Waals surface area contributed by atoms with Crippen LogP contribution >= 0.6 is 0 Å². The van der Waals surface area contributed by atoms with Crippen molar-refractivity contribution >= 4 is 5.69 Å². The third-order valence-electron chi connectivity index (χ3n) is 4.06. The summed E-state index contributed by atoms with van der Waals surface area (Å²) in [5.41, 5.74) is 3.15. The van der Waals surface area contributed by atoms with Gasteiger partial charge in [0.05, 0.1) is 13.2 Å². The van der Waals surface area contributed by atoms with Gasteiger partial charge in [-0.3, -0.25) is 0 Å². The Kier molecular flexibility index (Phi) is 5.51. The van der Waals surface area contributed by atoms with Crippen LogP contribution < -0.4 is 10.2 Å². The highest BCUT2D eigenvalue weighted by Crippen LogP contribution is 2.27. The first-order valence-corrected chi connectivity index (χ1v) is 8.42. The molecule has 1 aromatic carbocycles. The fourth-order valence-corrected chi connectivity index (χ4v) is 3.38. The maximum absolute atomic E-state index is 5.41. The van der Waals surface area contributed by atoms with E-state index in [0.717, 1.165) is 39.3 Å². The van der Waals surface area contributed by atoms with Gasteiger partial charge in [0.2, 0.25) is 0 Å². The molecule has 0 radical (unpaired) electrons. The molecule has 124 valence electrons. The number of hydrogen-bond donors (Lipinski definition) is 1. The molecule has 0 atom stereocenters. The number of nitrogens with zero attached hydrogens (tertiary/aromatic N) is 1. The van der Waals surface area contributed by atoms with Gasteiger partial charge in [0, 0.05) is 30.9 Å². The Hall–Kier alpha value is -1.06. The van der Waals surface area contributed by atoms with Gasteiger partial charge in [0.1, 0.15) is 0 Å². The van der Waals surface area contributed by atoms with Crippen LogP contribution in [0, 0.1) is 5.41 Å². The highest BCUT2D eigenvalue weighted by molar-refractivity contribution is 5.47. The Morgan fingerprint density at radius 1 is 1.00 bits per heavy atom. The van der Waals surface area contributed by atoms with Crippen LogP contribution in [-0.4, -0.2) is 31.8 Å². The van der Waals surface area contributed by atoms with E-state index in [4.69, 9.17) is 4.74 Å². The second-order valence-electron chi connectivity index (χ2n) is 8.24. The van der Waals surface area contributed by atoms with Gasteiger partial charge in [0.15, 0.2) is 0 Å². The normalized spacial score (nSPS) is 16.9. The molecule has 1 fully saturated rings. The number of benzene rings is 1. The first-order chi connectivity index (χ1) is 10.3. The van der Waals surface area contributed by atoms with Crippen molar-refractivity contribution in [2.24, 2.45) is 5.41 Å². The van der Waals surface area contributed by atoms with Gasteiger partial charge in [-0.25, -0.2) is 0 Å². The van der Waals surface area contributed by atoms with Gasteiger partial charge in [-0.15, -0.1) is 0 Å². The van der Waals surface area contributed by atoms with Crippen molar-refractivity contribution in [3.8, 4) is 0 Å². The lowest BCUT2D eigenvalue weighted by molar-refractivity contribution is 0.122. The van der Waals surface area contributed by atoms with Gasteiger partial charge in [-0.1, -0.05) is 32.9 Å². The van der Waals surface area contributed by atoms with E-state index in [9.17, 15) is 0 Å². The van der Waals surface area contributed by atoms with E-state index in [2.05, 4.69) is 69.1 Å². The molecule has 0 amide bonds. The van der Waals surface area contributed by atoms with Crippen molar-refractivity contribution in [3.63, 3.8) is 0 Å². The van der Waals surface area contributed by atoms with Crippen molar-refractivity contribution in [1.82, 2.24) is 5.32 Å². The number of anilines is 1. The maximum Gasteiger partial charge on any atom is 0.0642 e. The molecule has 22 heavy (non-hydrogen) atoms. The second-order valence-corrected chi connectivity index (χ2v) is 8.24. The van der Waals surface area contributed by atoms with Crippen LogP contribution in [0.3, 0.4) is 0 Å². The van der Waals surface area contributed by atoms with Gasteiger partial charge < -0.3 is 15.0 Å². The molecule has 1 N–H and O–H groups in total. The van der Waals surface area contributed by atoms with Crippen LogP contribution in [0.5, 0.6) is 0 Å². The summed E-state index contributed by atoms with van der Waals surface area (Å²) in [5, 5.41) is 3.70. The average Bonchev–Trinajstić information content (AvgIpc) is 2.44. The van der Waals surface area contributed by atoms with E-state index in [1.54, 1.807) is 0 Å². The summed E-state index contributed by atoms with van der Waals surface area (Å²) in [6.07, 6.45) is 1.16. The van der Waals surface area contributed by atoms with Crippen molar-refractivity contribution in [1.29, 1.82) is 0 Å². The van der Waals surface area contributed by atoms with Crippen LogP contribution in [-0.2, 0) is 11.3 Å². The number of rotatable bonds is 5. The molecule has 0 bridgehead atoms. The average molecular weight is 304 g/mol. The van der Waals surface area contributed by atoms with Gasteiger partial charge in [-0.05, 0) is 43.4 Å². The summed E-state index contributed by atoms with van der Waals surface area (Å²) in [6, 6.07) is 8.95. The highest BCUT2D eigenvalue weighted by Gasteiger charge is 2.24. The fraction of sp³-hybridized carbons (Fsp3) is 0.684. The minimum Gasteiger partial charge on any atom is -0.378 e. The molecule has 1 aromatic rings. The number of ether oxygens (including phenoxy) is 1. The van der Waals surface area contributed by atoms with Crippen LogP contribution in [0.15, 0.2) is 24.3 Å². The Morgan fingerprint density at radius 2 is 1.59 bits per heavy atom. The van der Waals surface area contributed by atoms with Crippen molar-refractivity contribution < 1.29 is 4.74 Å². The maximum atomic E-state index is 5.41. The fourth-order valence-electron chi connectivity index (χ4n) is 3.38. The number of hydrogen-bond acceptors (Lipinski definition) is 3. The van der Waals surface area contributed by atoms with Crippen molar-refractivity contribution in [2.45, 2.75) is 53.1 Å². The molecule has 3 nitrogen and oxygen atoms in total. The quantitative estimate of drug-likeness (QED) is 0.895. The number of nitrogens with one attached hydrogen (secondary N) is 1. The smallest absolute Gasteiger partial charge is 0.0642 e. The Morgan fingerprint density at radius 3 is 2.14 bits per heavy atom. The molecule has 1 heterocycles. The molecule has 3 heteroatoms. The van der Waals surface area contributed by atoms with Crippen LogP contribution in [0.2, 0.25) is 0 Å². The van der Waals surface area contributed by atoms with E-state index in [0.29, 0.717) is 5.41 Å². The number of morpholine rings is 1. The molecule has 0 aromatic heterocycles. The third-order valence-corrected chi connectivity index (χ3v) is 4.06. The largest absolute Gasteiger partial charge is 0.378 e. The topological polar surface area (TPSA) is 24.5 Å². The standard InChI is InChI=1S/C19H32N2O/c1-18(2,3)15-19(4,5)20-14-16-6-8-17(9-7-16)21-10-12-22-13-11-21/h6-9,20H,10-15H2,1-5H3. The molecular formula is C19H32N2O. The first-order valence-electron chi connectivity index (χ1n) is 8.42. The van der Waals surface area contributed by atoms with E-state index >= 15 is 0 Å². The van der Waals surface area contributed by atoms with Crippen LogP contribution in [0.1, 0.15) is 46.6 Å². The first kappa shape index (κ1) is 17.3. The minimum atomic E-state index is 0.154. The van der Waals surface area contributed by atoms with Crippen molar-refractivity contribution in [3.05, 3.63) is 29.8 Å². The monoisotopic (exact) mass is 304 g/mol. The molecule has 2 rings (SSSR count). The Labute approximate surface area is 136 Å². The molecule has 1 aliphatic heterocycles. The summed E-state index contributed by atoms with van der Waals surface area (Å²) < 4.78 is 5.41. The van der Waals surface area contributed by atoms with Crippen molar-refractivity contribution in [2.75, 3.05) is 31.2 Å². The Bertz CT molecular complexity index is 453. The van der Waals surface area contributed by atoms with E-state index in [-0.39, 0.29) is 5.54 Å². The summed E-state index contributed by atoms with van der Waals surface area (Å²) in [7, 11) is 0. The summed E-state index contributed by atoms with van der Waals surface area (Å²) in [6.45, 7) is 16.1. The molecule has 0 aliphatic carbocycles. The second kappa shape index (κ2) is 7.01. The predicted molar refractivity (Wildman–Crippen MR) is 94.5 cm³/mol. The molecule has 0 unspecified atom stereocenters. The zero-order valence-electron chi connectivity index (χ0n) is 14.9. The lowest BCUT2D eigenvalue weighted by Crippen LogP contribution is -2.41. The van der Waals surface area contributed by atoms with Gasteiger partial charge >= 0.3 is 0 Å². The van der Waals surface area contributed by atoms with Crippen LogP contribution in [0.4, 0.5) is 5.69 Å². The third kappa shape index (κ3) is 5.62. The highest BCUT2D eigenvalue weighted by atomic mass is 16.5. The molecule has 1 saturated heterocycles. The zero-order valence-corrected chi connectivity index (χ0v) is 14.9. The van der Waals surface area contributed by atoms with E-state index < -0.39 is 0 Å². The van der Waals surface area contributed by atoms with Gasteiger partial charge in [-0.2, -0.15) is 0 Å². The van der Waals surface area contributed by atoms with Gasteiger partial charge in [0.25, 0.3) is 0 Å². The lowest BCUT2D eigenvalue weighted by atomic mass is 9.82. The Balaban J connectivity index is 1.88. The lowest BCUT2D eigenvalue weighted by Gasteiger charge is -2.33. The zero-order chi connectivity index (χ0) is 16.2. The minimum absolute atomic E-state index is 0.154. The van der Waals surface area contributed by atoms with Crippen LogP contribution in [0.25, 0.3) is 0 Å². The van der Waals surface area contributed by atoms with E-state index in [1.165, 1.54) is 11.3 Å². The molecular weight excluding hydrogens is 272 g/mol. The van der Waals surface area contributed by atoms with E-state index in [1.807, 2.05) is 0 Å². The molecule has 0 spiro atoms. The molecule has 1 aliphatic rings. The predicted octanol–water partition coefficient (Wildman–Crippen LogP) is 3.83. The SMILES string of the molecule is CC(C)(C)CC(C)(C)NCc1ccc(N2CCOCC2)cc1. The molecule has 0 saturated carbocycles. The summed E-state index contributed by atoms with van der Waals surface area (Å²) in [5.74, 6) is 0. The summed E-state index contributed by atoms with van der Waals surface area (Å²) >= 11 is 0.